The third kappa shape index (κ3) is 4.22. The molecule has 1 amide bonds. The van der Waals surface area contributed by atoms with Crippen LogP contribution in [0.5, 0.6) is 0 Å². The van der Waals surface area contributed by atoms with Gasteiger partial charge in [0.1, 0.15) is 17.6 Å². The van der Waals surface area contributed by atoms with Crippen molar-refractivity contribution in [2.45, 2.75) is 63.8 Å². The number of ether oxygens (including phenoxy) is 2. The fraction of sp³-hybridized carbons (Fsp3) is 0.619. The summed E-state index contributed by atoms with van der Waals surface area (Å²) in [7, 11) is 0. The van der Waals surface area contributed by atoms with Crippen LogP contribution < -0.4 is 9.80 Å². The van der Waals surface area contributed by atoms with Crippen LogP contribution in [0.15, 0.2) is 12.1 Å². The number of anilines is 2. The average Bonchev–Trinajstić information content (AvgIpc) is 3.21. The second kappa shape index (κ2) is 8.26. The van der Waals surface area contributed by atoms with E-state index in [9.17, 15) is 18.4 Å². The van der Waals surface area contributed by atoms with Crippen LogP contribution in [0.3, 0.4) is 0 Å². The number of ketones is 1. The summed E-state index contributed by atoms with van der Waals surface area (Å²) in [4.78, 5) is 26.8. The van der Waals surface area contributed by atoms with Gasteiger partial charge in [0.05, 0.1) is 24.4 Å². The van der Waals surface area contributed by atoms with Gasteiger partial charge in [-0.1, -0.05) is 6.92 Å². The number of morpholine rings is 1. The maximum atomic E-state index is 14.8. The number of benzene rings is 1. The minimum atomic E-state index is -0.698. The van der Waals surface area contributed by atoms with Crippen molar-refractivity contribution in [2.75, 3.05) is 29.4 Å². The fourth-order valence-electron chi connectivity index (χ4n) is 4.42. The first-order valence-corrected chi connectivity index (χ1v) is 10.3. The number of nitrogens with zero attached hydrogens (tertiary/aromatic N) is 2. The molecule has 0 saturated carbocycles. The van der Waals surface area contributed by atoms with E-state index < -0.39 is 23.8 Å². The Hall–Kier alpha value is -2.22. The Balaban J connectivity index is 1.45. The molecule has 0 radical (unpaired) electrons. The molecule has 2 bridgehead atoms. The minimum Gasteiger partial charge on any atom is -0.444 e. The molecule has 3 heterocycles. The van der Waals surface area contributed by atoms with Crippen molar-refractivity contribution in [3.63, 3.8) is 0 Å². The molecular formula is C21H26F2N2O4. The quantitative estimate of drug-likeness (QED) is 0.687. The molecule has 29 heavy (non-hydrogen) atoms. The molecule has 3 saturated heterocycles. The Bertz CT molecular complexity index is 768. The number of fused-ring (bicyclic) bond motifs is 2. The molecule has 1 aromatic rings. The lowest BCUT2D eigenvalue weighted by molar-refractivity contribution is -0.119. The maximum absolute atomic E-state index is 14.8. The van der Waals surface area contributed by atoms with Gasteiger partial charge < -0.3 is 14.4 Å². The van der Waals surface area contributed by atoms with E-state index in [1.807, 2.05) is 6.92 Å². The SMILES string of the molecule is CCCC(=O)CC[C@H]1CN(c2cc(F)c(N3CC4CCC(C3)O4)c(F)c2)C(=O)O1. The first-order chi connectivity index (χ1) is 13.9. The molecule has 3 aliphatic heterocycles. The van der Waals surface area contributed by atoms with Crippen molar-refractivity contribution >= 4 is 23.3 Å². The van der Waals surface area contributed by atoms with Crippen LogP contribution in [0, 0.1) is 11.6 Å². The van der Waals surface area contributed by atoms with Gasteiger partial charge in [-0.25, -0.2) is 13.6 Å². The van der Waals surface area contributed by atoms with Gasteiger partial charge in [0, 0.05) is 38.1 Å². The highest BCUT2D eigenvalue weighted by Crippen LogP contribution is 2.35. The molecule has 3 fully saturated rings. The lowest BCUT2D eigenvalue weighted by Gasteiger charge is -2.34. The number of carbonyl (C=O) groups is 2. The zero-order chi connectivity index (χ0) is 20.5. The Kier molecular flexibility index (Phi) is 5.72. The van der Waals surface area contributed by atoms with Crippen LogP contribution in [-0.2, 0) is 14.3 Å². The van der Waals surface area contributed by atoms with Crippen molar-refractivity contribution < 1.29 is 27.8 Å². The van der Waals surface area contributed by atoms with Crippen LogP contribution in [0.25, 0.3) is 0 Å². The third-order valence-electron chi connectivity index (χ3n) is 5.82. The number of carbonyl (C=O) groups excluding carboxylic acids is 2. The zero-order valence-corrected chi connectivity index (χ0v) is 16.5. The maximum Gasteiger partial charge on any atom is 0.414 e. The zero-order valence-electron chi connectivity index (χ0n) is 16.5. The average molecular weight is 408 g/mol. The van der Waals surface area contributed by atoms with Gasteiger partial charge in [-0.3, -0.25) is 9.69 Å². The van der Waals surface area contributed by atoms with Crippen molar-refractivity contribution in [2.24, 2.45) is 0 Å². The highest BCUT2D eigenvalue weighted by atomic mass is 19.1. The van der Waals surface area contributed by atoms with Gasteiger partial charge in [-0.15, -0.1) is 0 Å². The topological polar surface area (TPSA) is 59.1 Å². The molecule has 6 nitrogen and oxygen atoms in total. The highest BCUT2D eigenvalue weighted by molar-refractivity contribution is 5.90. The van der Waals surface area contributed by atoms with E-state index in [4.69, 9.17) is 9.47 Å². The molecule has 1 aromatic carbocycles. The second-order valence-electron chi connectivity index (χ2n) is 8.06. The first-order valence-electron chi connectivity index (χ1n) is 10.3. The molecule has 3 aliphatic rings. The van der Waals surface area contributed by atoms with Gasteiger partial charge in [0.25, 0.3) is 0 Å². The number of hydrogen-bond acceptors (Lipinski definition) is 5. The number of hydrogen-bond donors (Lipinski definition) is 0. The largest absolute Gasteiger partial charge is 0.444 e. The molecule has 0 aliphatic carbocycles. The molecule has 0 aromatic heterocycles. The van der Waals surface area contributed by atoms with E-state index in [1.54, 1.807) is 4.90 Å². The number of rotatable bonds is 7. The van der Waals surface area contributed by atoms with Gasteiger partial charge in [0.2, 0.25) is 0 Å². The van der Waals surface area contributed by atoms with E-state index in [2.05, 4.69) is 0 Å². The lowest BCUT2D eigenvalue weighted by atomic mass is 10.1. The molecular weight excluding hydrogens is 382 g/mol. The Morgan fingerprint density at radius 1 is 1.10 bits per heavy atom. The number of Topliss-reactive ketones (excluding diaryl/α,β-unsaturated/α-hetero) is 1. The minimum absolute atomic E-state index is 0.0111. The van der Waals surface area contributed by atoms with Gasteiger partial charge in [0.15, 0.2) is 11.6 Å². The van der Waals surface area contributed by atoms with Crippen molar-refractivity contribution in [3.05, 3.63) is 23.8 Å². The molecule has 0 N–H and O–H groups in total. The van der Waals surface area contributed by atoms with Crippen LogP contribution in [0.1, 0.15) is 45.4 Å². The van der Waals surface area contributed by atoms with Gasteiger partial charge in [-0.2, -0.15) is 0 Å². The van der Waals surface area contributed by atoms with Crippen LogP contribution in [0.2, 0.25) is 0 Å². The normalized spacial score (nSPS) is 26.2. The summed E-state index contributed by atoms with van der Waals surface area (Å²) >= 11 is 0. The van der Waals surface area contributed by atoms with E-state index >= 15 is 0 Å². The van der Waals surface area contributed by atoms with Crippen LogP contribution in [0.4, 0.5) is 25.0 Å². The summed E-state index contributed by atoms with van der Waals surface area (Å²) in [6, 6.07) is 2.36. The molecule has 0 spiro atoms. The summed E-state index contributed by atoms with van der Waals surface area (Å²) in [5.41, 5.74) is 0.0654. The number of amides is 1. The lowest BCUT2D eigenvalue weighted by Crippen LogP contribution is -2.43. The summed E-state index contributed by atoms with van der Waals surface area (Å²) in [5.74, 6) is -1.27. The summed E-state index contributed by atoms with van der Waals surface area (Å²) < 4.78 is 40.7. The monoisotopic (exact) mass is 408 g/mol. The standard InChI is InChI=1S/C21H26F2N2O4/c1-2-3-14(26)4-5-17-12-25(21(27)29-17)13-8-18(22)20(19(23)9-13)24-10-15-6-7-16(11-24)28-15/h8-9,15-17H,2-7,10-12H2,1H3/t15?,16?,17-/m0/s1. The summed E-state index contributed by atoms with van der Waals surface area (Å²) in [6.07, 6.45) is 2.78. The number of cyclic esters (lactones) is 1. The summed E-state index contributed by atoms with van der Waals surface area (Å²) in [5, 5.41) is 0. The van der Waals surface area contributed by atoms with Crippen molar-refractivity contribution in [1.29, 1.82) is 0 Å². The smallest absolute Gasteiger partial charge is 0.414 e. The van der Waals surface area contributed by atoms with E-state index in [0.29, 0.717) is 32.4 Å². The van der Waals surface area contributed by atoms with E-state index in [0.717, 1.165) is 19.3 Å². The Labute approximate surface area is 168 Å². The van der Waals surface area contributed by atoms with Gasteiger partial charge in [-0.05, 0) is 25.7 Å². The number of halogens is 2. The van der Waals surface area contributed by atoms with Crippen molar-refractivity contribution in [3.8, 4) is 0 Å². The Morgan fingerprint density at radius 2 is 1.76 bits per heavy atom. The second-order valence-corrected chi connectivity index (χ2v) is 8.06. The molecule has 4 rings (SSSR count). The van der Waals surface area contributed by atoms with Crippen molar-refractivity contribution in [1.82, 2.24) is 0 Å². The Morgan fingerprint density at radius 3 is 2.38 bits per heavy atom. The predicted octanol–water partition coefficient (Wildman–Crippen LogP) is 3.81. The summed E-state index contributed by atoms with van der Waals surface area (Å²) in [6.45, 7) is 3.04. The molecule has 3 atom stereocenters. The molecule has 158 valence electrons. The van der Waals surface area contributed by atoms with Crippen LogP contribution >= 0.6 is 0 Å². The highest BCUT2D eigenvalue weighted by Gasteiger charge is 2.37. The van der Waals surface area contributed by atoms with E-state index in [1.165, 1.54) is 17.0 Å². The van der Waals surface area contributed by atoms with E-state index in [-0.39, 0.29) is 35.9 Å². The van der Waals surface area contributed by atoms with Gasteiger partial charge >= 0.3 is 6.09 Å². The third-order valence-corrected chi connectivity index (χ3v) is 5.82. The first kappa shape index (κ1) is 20.1. The van der Waals surface area contributed by atoms with Crippen LogP contribution in [-0.4, -0.2) is 49.8 Å². The fourth-order valence-corrected chi connectivity index (χ4v) is 4.42. The molecule has 8 heteroatoms. The predicted molar refractivity (Wildman–Crippen MR) is 103 cm³/mol. The molecule has 2 unspecified atom stereocenters.